The fourth-order valence-corrected chi connectivity index (χ4v) is 4.95. The minimum absolute atomic E-state index is 0.530. The molecule has 0 aliphatic carbocycles. The molecule has 2 aromatic rings. The average Bonchev–Trinajstić information content (AvgIpc) is 3.18. The first kappa shape index (κ1) is 16.2. The van der Waals surface area contributed by atoms with Crippen LogP contribution in [0.1, 0.15) is 42.0 Å². The summed E-state index contributed by atoms with van der Waals surface area (Å²) in [6, 6.07) is 3.28. The number of hydrogen-bond donors (Lipinski definition) is 0. The van der Waals surface area contributed by atoms with Gasteiger partial charge in [0.2, 0.25) is 0 Å². The Bertz CT molecular complexity index is 704. The first-order valence-electron chi connectivity index (χ1n) is 9.06. The van der Waals surface area contributed by atoms with E-state index in [1.54, 1.807) is 0 Å². The van der Waals surface area contributed by atoms with Gasteiger partial charge in [0.15, 0.2) is 0 Å². The molecule has 4 heterocycles. The normalized spacial score (nSPS) is 20.2. The van der Waals surface area contributed by atoms with E-state index < -0.39 is 0 Å². The van der Waals surface area contributed by atoms with Gasteiger partial charge < -0.3 is 0 Å². The highest BCUT2D eigenvalue weighted by Gasteiger charge is 2.25. The van der Waals surface area contributed by atoms with Crippen molar-refractivity contribution in [2.75, 3.05) is 13.1 Å². The minimum Gasteiger partial charge on any atom is -0.295 e. The Labute approximate surface area is 148 Å². The van der Waals surface area contributed by atoms with Crippen molar-refractivity contribution < 1.29 is 0 Å². The Morgan fingerprint density at radius 1 is 1.12 bits per heavy atom. The summed E-state index contributed by atoms with van der Waals surface area (Å²) in [6.07, 6.45) is 4.15. The maximum atomic E-state index is 4.99. The maximum absolute atomic E-state index is 4.99. The number of thiazole rings is 1. The van der Waals surface area contributed by atoms with Crippen LogP contribution < -0.4 is 0 Å². The zero-order valence-corrected chi connectivity index (χ0v) is 15.7. The molecule has 1 atom stereocenters. The van der Waals surface area contributed by atoms with E-state index in [9.17, 15) is 0 Å². The van der Waals surface area contributed by atoms with Gasteiger partial charge in [-0.3, -0.25) is 14.5 Å². The molecule has 0 N–H and O–H groups in total. The zero-order chi connectivity index (χ0) is 16.7. The molecule has 4 rings (SSSR count). The van der Waals surface area contributed by atoms with Crippen LogP contribution in [0.3, 0.4) is 0 Å². The van der Waals surface area contributed by atoms with E-state index in [2.05, 4.69) is 46.4 Å². The van der Waals surface area contributed by atoms with Crippen molar-refractivity contribution in [2.45, 2.75) is 65.3 Å². The zero-order valence-electron chi connectivity index (χ0n) is 14.9. The number of nitrogens with zero attached hydrogens (tertiary/aromatic N) is 5. The summed E-state index contributed by atoms with van der Waals surface area (Å²) in [5, 5.41) is 5.69. The van der Waals surface area contributed by atoms with E-state index in [1.807, 2.05) is 17.5 Å². The molecule has 0 aromatic carbocycles. The van der Waals surface area contributed by atoms with E-state index in [4.69, 9.17) is 4.98 Å². The summed E-state index contributed by atoms with van der Waals surface area (Å²) < 4.78 is 2.13. The second kappa shape index (κ2) is 6.58. The van der Waals surface area contributed by atoms with Gasteiger partial charge in [-0.1, -0.05) is 0 Å². The predicted molar refractivity (Wildman–Crippen MR) is 97.2 cm³/mol. The molecule has 0 spiro atoms. The molecule has 2 aliphatic rings. The first-order chi connectivity index (χ1) is 11.6. The standard InChI is InChI=1S/C18H27N5S/c1-13(2)21-7-5-17-16(12-21)20-18(24-17)10-14(3)22-8-9-23-15(11-22)4-6-19-23/h4,6,13-14H,5,7-12H2,1-3H3. The van der Waals surface area contributed by atoms with Gasteiger partial charge in [-0.25, -0.2) is 4.98 Å². The van der Waals surface area contributed by atoms with Crippen LogP contribution in [0.5, 0.6) is 0 Å². The van der Waals surface area contributed by atoms with Gasteiger partial charge in [0, 0.05) is 55.8 Å². The summed E-state index contributed by atoms with van der Waals surface area (Å²) in [4.78, 5) is 11.6. The summed E-state index contributed by atoms with van der Waals surface area (Å²) in [5.74, 6) is 0. The summed E-state index contributed by atoms with van der Waals surface area (Å²) >= 11 is 1.95. The Kier molecular flexibility index (Phi) is 4.45. The monoisotopic (exact) mass is 345 g/mol. The van der Waals surface area contributed by atoms with E-state index in [0.717, 1.165) is 32.6 Å². The average molecular weight is 346 g/mol. The molecule has 0 saturated carbocycles. The van der Waals surface area contributed by atoms with Crippen molar-refractivity contribution in [2.24, 2.45) is 0 Å². The third-order valence-electron chi connectivity index (χ3n) is 5.39. The molecular weight excluding hydrogens is 318 g/mol. The van der Waals surface area contributed by atoms with Gasteiger partial charge in [-0.2, -0.15) is 5.10 Å². The Morgan fingerprint density at radius 3 is 2.83 bits per heavy atom. The molecular formula is C18H27N5S. The molecule has 1 unspecified atom stereocenters. The third-order valence-corrected chi connectivity index (χ3v) is 6.57. The lowest BCUT2D eigenvalue weighted by molar-refractivity contribution is 0.159. The van der Waals surface area contributed by atoms with Gasteiger partial charge in [0.05, 0.1) is 22.9 Å². The molecule has 24 heavy (non-hydrogen) atoms. The Balaban J connectivity index is 1.41. The van der Waals surface area contributed by atoms with Gasteiger partial charge in [0.25, 0.3) is 0 Å². The number of fused-ring (bicyclic) bond motifs is 2. The summed E-state index contributed by atoms with van der Waals surface area (Å²) in [7, 11) is 0. The van der Waals surface area contributed by atoms with Gasteiger partial charge in [0.1, 0.15) is 0 Å². The molecule has 0 bridgehead atoms. The highest BCUT2D eigenvalue weighted by molar-refractivity contribution is 7.11. The SMILES string of the molecule is CC(C)N1CCc2sc(CC(C)N3CCn4nccc4C3)nc2C1. The van der Waals surface area contributed by atoms with Crippen molar-refractivity contribution in [3.63, 3.8) is 0 Å². The Hall–Kier alpha value is -1.24. The Morgan fingerprint density at radius 2 is 2.00 bits per heavy atom. The van der Waals surface area contributed by atoms with E-state index in [-0.39, 0.29) is 0 Å². The van der Waals surface area contributed by atoms with Crippen LogP contribution >= 0.6 is 11.3 Å². The van der Waals surface area contributed by atoms with Crippen LogP contribution in [0.4, 0.5) is 0 Å². The molecule has 2 aromatic heterocycles. The van der Waals surface area contributed by atoms with E-state index >= 15 is 0 Å². The van der Waals surface area contributed by atoms with Crippen molar-refractivity contribution in [1.29, 1.82) is 0 Å². The lowest BCUT2D eigenvalue weighted by Gasteiger charge is -2.32. The summed E-state index contributed by atoms with van der Waals surface area (Å²) in [6.45, 7) is 12.2. The van der Waals surface area contributed by atoms with Gasteiger partial charge >= 0.3 is 0 Å². The van der Waals surface area contributed by atoms with Crippen molar-refractivity contribution >= 4 is 11.3 Å². The lowest BCUT2D eigenvalue weighted by atomic mass is 10.1. The molecule has 2 aliphatic heterocycles. The van der Waals surface area contributed by atoms with Gasteiger partial charge in [-0.05, 0) is 33.3 Å². The highest BCUT2D eigenvalue weighted by atomic mass is 32.1. The smallest absolute Gasteiger partial charge is 0.0947 e. The number of rotatable bonds is 4. The van der Waals surface area contributed by atoms with Crippen LogP contribution in [-0.2, 0) is 32.5 Å². The topological polar surface area (TPSA) is 37.2 Å². The van der Waals surface area contributed by atoms with Crippen LogP contribution in [0.15, 0.2) is 12.3 Å². The van der Waals surface area contributed by atoms with E-state index in [1.165, 1.54) is 34.2 Å². The van der Waals surface area contributed by atoms with Crippen LogP contribution in [0, 0.1) is 0 Å². The highest BCUT2D eigenvalue weighted by Crippen LogP contribution is 2.27. The van der Waals surface area contributed by atoms with E-state index in [0.29, 0.717) is 12.1 Å². The van der Waals surface area contributed by atoms with Crippen LogP contribution in [0.2, 0.25) is 0 Å². The fourth-order valence-electron chi connectivity index (χ4n) is 3.76. The molecule has 0 radical (unpaired) electrons. The van der Waals surface area contributed by atoms with Crippen LogP contribution in [-0.4, -0.2) is 49.7 Å². The minimum atomic E-state index is 0.530. The second-order valence-electron chi connectivity index (χ2n) is 7.36. The lowest BCUT2D eigenvalue weighted by Crippen LogP contribution is -2.40. The van der Waals surface area contributed by atoms with Crippen LogP contribution in [0.25, 0.3) is 0 Å². The molecule has 130 valence electrons. The van der Waals surface area contributed by atoms with Crippen molar-refractivity contribution in [1.82, 2.24) is 24.6 Å². The molecule has 5 nitrogen and oxygen atoms in total. The molecule has 0 fully saturated rings. The molecule has 6 heteroatoms. The van der Waals surface area contributed by atoms with Crippen molar-refractivity contribution in [3.8, 4) is 0 Å². The fraction of sp³-hybridized carbons (Fsp3) is 0.667. The third kappa shape index (κ3) is 3.15. The maximum Gasteiger partial charge on any atom is 0.0947 e. The largest absolute Gasteiger partial charge is 0.295 e. The predicted octanol–water partition coefficient (Wildman–Crippen LogP) is 2.55. The molecule has 0 amide bonds. The first-order valence-corrected chi connectivity index (χ1v) is 9.88. The second-order valence-corrected chi connectivity index (χ2v) is 8.53. The van der Waals surface area contributed by atoms with Gasteiger partial charge in [-0.15, -0.1) is 11.3 Å². The quantitative estimate of drug-likeness (QED) is 0.853. The summed E-state index contributed by atoms with van der Waals surface area (Å²) in [5.41, 5.74) is 2.66. The van der Waals surface area contributed by atoms with Crippen molar-refractivity contribution in [3.05, 3.63) is 33.5 Å². The number of hydrogen-bond acceptors (Lipinski definition) is 5. The number of aromatic nitrogens is 3. The molecule has 0 saturated heterocycles.